The van der Waals surface area contributed by atoms with E-state index in [2.05, 4.69) is 0 Å². The van der Waals surface area contributed by atoms with Gasteiger partial charge in [0, 0.05) is 30.5 Å². The molecule has 1 aromatic heterocycles. The standard InChI is InChI=1S/C21H25NO5/c1-13-16-6-5-15(23)10-18(16)27-20(25)17(13)11-19(24)22-9-8-21(26)7-3-2-4-14(21)12-22/h5-6,10,14,23,26H,2-4,7-9,11-12H2,1H3/t14-,21+/m1/s1. The number of benzene rings is 1. The van der Waals surface area contributed by atoms with Gasteiger partial charge in [-0.25, -0.2) is 4.79 Å². The maximum Gasteiger partial charge on any atom is 0.340 e. The molecule has 0 spiro atoms. The minimum Gasteiger partial charge on any atom is -0.508 e. The average molecular weight is 371 g/mol. The van der Waals surface area contributed by atoms with Crippen LogP contribution in [0.1, 0.15) is 43.2 Å². The molecule has 1 aliphatic carbocycles. The first-order valence-electron chi connectivity index (χ1n) is 9.63. The van der Waals surface area contributed by atoms with E-state index in [9.17, 15) is 19.8 Å². The normalized spacial score (nSPS) is 25.4. The van der Waals surface area contributed by atoms with Gasteiger partial charge in [0.25, 0.3) is 0 Å². The molecule has 0 bridgehead atoms. The third kappa shape index (κ3) is 3.23. The predicted molar refractivity (Wildman–Crippen MR) is 101 cm³/mol. The van der Waals surface area contributed by atoms with Crippen LogP contribution in [0.15, 0.2) is 27.4 Å². The van der Waals surface area contributed by atoms with Crippen molar-refractivity contribution in [3.8, 4) is 5.75 Å². The number of aromatic hydroxyl groups is 1. The lowest BCUT2D eigenvalue weighted by Gasteiger charge is -2.47. The van der Waals surface area contributed by atoms with Gasteiger partial charge in [-0.15, -0.1) is 0 Å². The van der Waals surface area contributed by atoms with Crippen LogP contribution in [0.3, 0.4) is 0 Å². The van der Waals surface area contributed by atoms with E-state index in [1.807, 2.05) is 0 Å². The van der Waals surface area contributed by atoms with Gasteiger partial charge in [-0.1, -0.05) is 12.8 Å². The summed E-state index contributed by atoms with van der Waals surface area (Å²) in [6, 6.07) is 4.64. The number of carbonyl (C=O) groups is 1. The van der Waals surface area contributed by atoms with E-state index in [-0.39, 0.29) is 24.0 Å². The molecule has 1 saturated heterocycles. The third-order valence-corrected chi connectivity index (χ3v) is 6.38. The van der Waals surface area contributed by atoms with Crippen LogP contribution in [0.2, 0.25) is 0 Å². The number of phenolic OH excluding ortho intramolecular Hbond substituents is 1. The lowest BCUT2D eigenvalue weighted by atomic mass is 9.71. The van der Waals surface area contributed by atoms with Crippen LogP contribution >= 0.6 is 0 Å². The molecule has 4 rings (SSSR count). The van der Waals surface area contributed by atoms with Crippen LogP contribution in [-0.2, 0) is 11.2 Å². The number of phenols is 1. The van der Waals surface area contributed by atoms with E-state index in [0.29, 0.717) is 36.2 Å². The fourth-order valence-electron chi connectivity index (χ4n) is 4.65. The number of hydrogen-bond donors (Lipinski definition) is 2. The molecule has 1 saturated carbocycles. The van der Waals surface area contributed by atoms with Crippen molar-refractivity contribution in [2.24, 2.45) is 5.92 Å². The van der Waals surface area contributed by atoms with Crippen molar-refractivity contribution < 1.29 is 19.4 Å². The van der Waals surface area contributed by atoms with E-state index in [1.54, 1.807) is 17.9 Å². The van der Waals surface area contributed by atoms with Crippen LogP contribution in [0.4, 0.5) is 0 Å². The molecule has 1 amide bonds. The van der Waals surface area contributed by atoms with Gasteiger partial charge in [0.1, 0.15) is 11.3 Å². The topological polar surface area (TPSA) is 91.0 Å². The number of carbonyl (C=O) groups excluding carboxylic acids is 1. The summed E-state index contributed by atoms with van der Waals surface area (Å²) < 4.78 is 5.32. The van der Waals surface area contributed by atoms with Crippen molar-refractivity contribution in [1.29, 1.82) is 0 Å². The lowest BCUT2D eigenvalue weighted by Crippen LogP contribution is -2.55. The Morgan fingerprint density at radius 2 is 2.15 bits per heavy atom. The number of piperidine rings is 1. The number of fused-ring (bicyclic) bond motifs is 2. The fraction of sp³-hybridized carbons (Fsp3) is 0.524. The van der Waals surface area contributed by atoms with Crippen LogP contribution in [0, 0.1) is 12.8 Å². The quantitative estimate of drug-likeness (QED) is 0.792. The molecule has 144 valence electrons. The van der Waals surface area contributed by atoms with E-state index in [1.165, 1.54) is 12.1 Å². The number of likely N-dealkylation sites (tertiary alicyclic amines) is 1. The summed E-state index contributed by atoms with van der Waals surface area (Å²) in [5.74, 6) is 0.0550. The van der Waals surface area contributed by atoms with E-state index >= 15 is 0 Å². The molecule has 1 aromatic carbocycles. The summed E-state index contributed by atoms with van der Waals surface area (Å²) in [4.78, 5) is 27.1. The summed E-state index contributed by atoms with van der Waals surface area (Å²) in [5.41, 5.74) is 0.224. The van der Waals surface area contributed by atoms with Gasteiger partial charge in [-0.3, -0.25) is 4.79 Å². The largest absolute Gasteiger partial charge is 0.508 e. The Morgan fingerprint density at radius 3 is 2.96 bits per heavy atom. The van der Waals surface area contributed by atoms with Crippen molar-refractivity contribution in [2.45, 2.75) is 51.0 Å². The van der Waals surface area contributed by atoms with Gasteiger partial charge in [0.15, 0.2) is 0 Å². The van der Waals surface area contributed by atoms with Gasteiger partial charge >= 0.3 is 5.63 Å². The molecule has 2 N–H and O–H groups in total. The third-order valence-electron chi connectivity index (χ3n) is 6.38. The van der Waals surface area contributed by atoms with Crippen LogP contribution in [0.5, 0.6) is 5.75 Å². The second-order valence-corrected chi connectivity index (χ2v) is 7.99. The van der Waals surface area contributed by atoms with E-state index in [0.717, 1.165) is 31.1 Å². The maximum absolute atomic E-state index is 12.9. The number of aliphatic hydroxyl groups is 1. The number of rotatable bonds is 2. The lowest BCUT2D eigenvalue weighted by molar-refractivity contribution is -0.142. The Bertz CT molecular complexity index is 949. The first-order chi connectivity index (χ1) is 12.9. The summed E-state index contributed by atoms with van der Waals surface area (Å²) in [7, 11) is 0. The van der Waals surface area contributed by atoms with Gasteiger partial charge < -0.3 is 19.5 Å². The molecule has 2 aromatic rings. The fourth-order valence-corrected chi connectivity index (χ4v) is 4.65. The zero-order valence-electron chi connectivity index (χ0n) is 15.5. The summed E-state index contributed by atoms with van der Waals surface area (Å²) in [6.07, 6.45) is 4.51. The maximum atomic E-state index is 12.9. The zero-order valence-corrected chi connectivity index (χ0v) is 15.5. The predicted octanol–water partition coefficient (Wildman–Crippen LogP) is 2.50. The zero-order chi connectivity index (χ0) is 19.2. The SMILES string of the molecule is Cc1c(CC(=O)N2CC[C@@]3(O)CCCC[C@@H]3C2)c(=O)oc2cc(O)ccc12. The van der Waals surface area contributed by atoms with Crippen molar-refractivity contribution in [3.05, 3.63) is 39.7 Å². The Balaban J connectivity index is 1.56. The number of hydrogen-bond acceptors (Lipinski definition) is 5. The summed E-state index contributed by atoms with van der Waals surface area (Å²) in [6.45, 7) is 2.88. The van der Waals surface area contributed by atoms with Crippen LogP contribution in [-0.4, -0.2) is 39.7 Å². The molecule has 1 aliphatic heterocycles. The summed E-state index contributed by atoms with van der Waals surface area (Å²) >= 11 is 0. The first kappa shape index (κ1) is 18.0. The van der Waals surface area contributed by atoms with Gasteiger partial charge in [-0.05, 0) is 43.9 Å². The molecule has 6 nitrogen and oxygen atoms in total. The molecule has 0 unspecified atom stereocenters. The molecule has 2 heterocycles. The minimum absolute atomic E-state index is 0.00384. The highest BCUT2D eigenvalue weighted by molar-refractivity contribution is 5.85. The van der Waals surface area contributed by atoms with E-state index in [4.69, 9.17) is 4.42 Å². The molecular weight excluding hydrogens is 346 g/mol. The highest BCUT2D eigenvalue weighted by atomic mass is 16.4. The first-order valence-corrected chi connectivity index (χ1v) is 9.63. The molecule has 2 aliphatic rings. The highest BCUT2D eigenvalue weighted by Gasteiger charge is 2.43. The van der Waals surface area contributed by atoms with Crippen molar-refractivity contribution >= 4 is 16.9 Å². The smallest absolute Gasteiger partial charge is 0.340 e. The molecular formula is C21H25NO5. The van der Waals surface area contributed by atoms with Gasteiger partial charge in [0.05, 0.1) is 17.6 Å². The van der Waals surface area contributed by atoms with Crippen molar-refractivity contribution in [3.63, 3.8) is 0 Å². The molecule has 2 atom stereocenters. The second kappa shape index (κ2) is 6.68. The monoisotopic (exact) mass is 371 g/mol. The Hall–Kier alpha value is -2.34. The average Bonchev–Trinajstić information content (AvgIpc) is 2.63. The van der Waals surface area contributed by atoms with Crippen LogP contribution < -0.4 is 5.63 Å². The Morgan fingerprint density at radius 1 is 1.33 bits per heavy atom. The summed E-state index contributed by atoms with van der Waals surface area (Å²) in [5, 5.41) is 21.1. The minimum atomic E-state index is -0.630. The number of amides is 1. The molecule has 2 fully saturated rings. The number of nitrogens with zero attached hydrogens (tertiary/aromatic N) is 1. The molecule has 0 radical (unpaired) electrons. The molecule has 27 heavy (non-hydrogen) atoms. The van der Waals surface area contributed by atoms with Crippen molar-refractivity contribution in [1.82, 2.24) is 4.90 Å². The Labute approximate surface area is 157 Å². The van der Waals surface area contributed by atoms with Crippen molar-refractivity contribution in [2.75, 3.05) is 13.1 Å². The highest BCUT2D eigenvalue weighted by Crippen LogP contribution is 2.39. The second-order valence-electron chi connectivity index (χ2n) is 7.99. The Kier molecular flexibility index (Phi) is 4.46. The van der Waals surface area contributed by atoms with E-state index < -0.39 is 11.2 Å². The van der Waals surface area contributed by atoms with Gasteiger partial charge in [0.2, 0.25) is 5.91 Å². The van der Waals surface area contributed by atoms with Gasteiger partial charge in [-0.2, -0.15) is 0 Å². The van der Waals surface area contributed by atoms with Crippen LogP contribution in [0.25, 0.3) is 11.0 Å². The number of aryl methyl sites for hydroxylation is 1. The molecule has 6 heteroatoms.